The Hall–Kier alpha value is -2.79. The Morgan fingerprint density at radius 2 is 2.08 bits per heavy atom. The van der Waals surface area contributed by atoms with Crippen molar-refractivity contribution in [3.8, 4) is 5.75 Å². The molecule has 0 spiro atoms. The Balaban J connectivity index is 1.69. The van der Waals surface area contributed by atoms with Gasteiger partial charge in [0.2, 0.25) is 18.3 Å². The van der Waals surface area contributed by atoms with E-state index in [0.29, 0.717) is 29.5 Å². The van der Waals surface area contributed by atoms with E-state index in [1.807, 2.05) is 24.3 Å². The number of benzene rings is 2. The number of rotatable bonds is 2. The molecule has 1 amide bonds. The molecule has 25 heavy (non-hydrogen) atoms. The molecule has 0 fully saturated rings. The minimum atomic E-state index is -0.353. The second-order valence-electron chi connectivity index (χ2n) is 6.00. The van der Waals surface area contributed by atoms with Crippen molar-refractivity contribution in [1.82, 2.24) is 0 Å². The van der Waals surface area contributed by atoms with Crippen LogP contribution in [-0.2, 0) is 4.79 Å². The number of pyridine rings is 1. The second kappa shape index (κ2) is 6.26. The predicted molar refractivity (Wildman–Crippen MR) is 94.3 cm³/mol. The first-order valence-corrected chi connectivity index (χ1v) is 8.36. The summed E-state index contributed by atoms with van der Waals surface area (Å²) >= 11 is 6.08. The first-order valence-electron chi connectivity index (χ1n) is 7.98. The standard InChI is InChI=1S/C19H15ClN2O3/c20-13-5-6-18-16(9-13)15(7-8-25-18)19(23)21-17-11-22(24)10-12-3-1-2-4-14(12)17/h1-6,9-11,15H,7-8H2,(H-,21,23,24)/p+1/t15-/m1/s1. The van der Waals surface area contributed by atoms with Crippen LogP contribution in [0.4, 0.5) is 5.69 Å². The largest absolute Gasteiger partial charge is 0.493 e. The Kier molecular flexibility index (Phi) is 3.93. The van der Waals surface area contributed by atoms with Crippen LogP contribution in [0.25, 0.3) is 10.8 Å². The van der Waals surface area contributed by atoms with Gasteiger partial charge in [0.25, 0.3) is 0 Å². The number of nitrogens with one attached hydrogen (secondary N) is 1. The molecule has 0 aliphatic carbocycles. The quantitative estimate of drug-likeness (QED) is 0.546. The summed E-state index contributed by atoms with van der Waals surface area (Å²) in [5.74, 6) is 0.183. The maximum Gasteiger partial charge on any atom is 0.246 e. The third kappa shape index (κ3) is 2.98. The molecule has 0 unspecified atom stereocenters. The average Bonchev–Trinajstić information content (AvgIpc) is 2.61. The molecule has 3 aromatic rings. The van der Waals surface area contributed by atoms with Crippen molar-refractivity contribution in [2.45, 2.75) is 12.3 Å². The van der Waals surface area contributed by atoms with Gasteiger partial charge in [-0.25, -0.2) is 0 Å². The van der Waals surface area contributed by atoms with Gasteiger partial charge in [-0.3, -0.25) is 10.0 Å². The van der Waals surface area contributed by atoms with E-state index in [4.69, 9.17) is 16.3 Å². The van der Waals surface area contributed by atoms with Gasteiger partial charge in [-0.05, 0) is 30.7 Å². The van der Waals surface area contributed by atoms with Crippen LogP contribution in [-0.4, -0.2) is 17.7 Å². The minimum absolute atomic E-state index is 0.150. The lowest BCUT2D eigenvalue weighted by Gasteiger charge is -2.25. The van der Waals surface area contributed by atoms with Crippen molar-refractivity contribution in [2.24, 2.45) is 0 Å². The zero-order valence-electron chi connectivity index (χ0n) is 13.3. The molecule has 4 rings (SSSR count). The predicted octanol–water partition coefficient (Wildman–Crippen LogP) is 3.52. The number of nitrogens with zero attached hydrogens (tertiary/aromatic N) is 1. The first kappa shape index (κ1) is 15.7. The lowest BCUT2D eigenvalue weighted by Crippen LogP contribution is -2.31. The van der Waals surface area contributed by atoms with Crippen LogP contribution in [0.2, 0.25) is 5.02 Å². The Morgan fingerprint density at radius 3 is 2.96 bits per heavy atom. The zero-order chi connectivity index (χ0) is 17.4. The van der Waals surface area contributed by atoms with E-state index in [-0.39, 0.29) is 11.8 Å². The molecule has 1 aliphatic rings. The van der Waals surface area contributed by atoms with Gasteiger partial charge in [0.15, 0.2) is 0 Å². The highest BCUT2D eigenvalue weighted by Crippen LogP contribution is 2.36. The fraction of sp³-hybridized carbons (Fsp3) is 0.158. The van der Waals surface area contributed by atoms with Crippen molar-refractivity contribution >= 4 is 34.0 Å². The van der Waals surface area contributed by atoms with Crippen LogP contribution in [0.3, 0.4) is 0 Å². The fourth-order valence-electron chi connectivity index (χ4n) is 3.19. The molecule has 1 aromatic heterocycles. The third-order valence-corrected chi connectivity index (χ3v) is 4.60. The van der Waals surface area contributed by atoms with Crippen molar-refractivity contribution in [3.63, 3.8) is 0 Å². The van der Waals surface area contributed by atoms with Gasteiger partial charge in [-0.15, -0.1) is 0 Å². The van der Waals surface area contributed by atoms with Crippen molar-refractivity contribution < 1.29 is 19.5 Å². The maximum absolute atomic E-state index is 12.9. The molecule has 0 saturated carbocycles. The SMILES string of the molecule is O=C(Nc1c[n+](O)cc2ccccc12)[C@@H]1CCOc2ccc(Cl)cc21. The van der Waals surface area contributed by atoms with Gasteiger partial charge in [-0.1, -0.05) is 29.8 Å². The molecule has 2 heterocycles. The van der Waals surface area contributed by atoms with E-state index in [2.05, 4.69) is 5.32 Å². The number of anilines is 1. The van der Waals surface area contributed by atoms with Crippen molar-refractivity contribution in [2.75, 3.05) is 11.9 Å². The van der Waals surface area contributed by atoms with Crippen LogP contribution in [0.1, 0.15) is 17.9 Å². The van der Waals surface area contributed by atoms with Gasteiger partial charge in [0, 0.05) is 20.7 Å². The number of aromatic nitrogens is 1. The van der Waals surface area contributed by atoms with Crippen LogP contribution in [0.15, 0.2) is 54.9 Å². The highest BCUT2D eigenvalue weighted by Gasteiger charge is 2.29. The number of hydrogen-bond acceptors (Lipinski definition) is 3. The summed E-state index contributed by atoms with van der Waals surface area (Å²) in [6.07, 6.45) is 3.65. The van der Waals surface area contributed by atoms with E-state index < -0.39 is 0 Å². The number of ether oxygens (including phenoxy) is 1. The summed E-state index contributed by atoms with van der Waals surface area (Å²) in [5.41, 5.74) is 1.34. The van der Waals surface area contributed by atoms with Gasteiger partial charge in [-0.2, -0.15) is 0 Å². The highest BCUT2D eigenvalue weighted by molar-refractivity contribution is 6.30. The molecule has 2 N–H and O–H groups in total. The lowest BCUT2D eigenvalue weighted by atomic mass is 9.92. The molecule has 0 saturated heterocycles. The average molecular weight is 356 g/mol. The van der Waals surface area contributed by atoms with E-state index in [0.717, 1.165) is 21.1 Å². The fourth-order valence-corrected chi connectivity index (χ4v) is 3.37. The highest BCUT2D eigenvalue weighted by atomic mass is 35.5. The van der Waals surface area contributed by atoms with Crippen molar-refractivity contribution in [3.05, 3.63) is 65.4 Å². The molecule has 0 bridgehead atoms. The third-order valence-electron chi connectivity index (χ3n) is 4.37. The van der Waals surface area contributed by atoms with E-state index in [1.165, 1.54) is 6.20 Å². The normalized spacial score (nSPS) is 16.1. The molecular formula is C19H16ClN2O3+. The van der Waals surface area contributed by atoms with E-state index in [1.54, 1.807) is 24.4 Å². The van der Waals surface area contributed by atoms with E-state index >= 15 is 0 Å². The summed E-state index contributed by atoms with van der Waals surface area (Å²) < 4.78 is 6.57. The monoisotopic (exact) mass is 355 g/mol. The molecular weight excluding hydrogens is 340 g/mol. The van der Waals surface area contributed by atoms with Gasteiger partial charge in [0.1, 0.15) is 11.4 Å². The smallest absolute Gasteiger partial charge is 0.246 e. The summed E-state index contributed by atoms with van der Waals surface area (Å²) in [6.45, 7) is 0.474. The molecule has 0 radical (unpaired) electrons. The summed E-state index contributed by atoms with van der Waals surface area (Å²) in [7, 11) is 0. The van der Waals surface area contributed by atoms with Crippen molar-refractivity contribution in [1.29, 1.82) is 0 Å². The molecule has 5 nitrogen and oxygen atoms in total. The molecule has 1 atom stereocenters. The number of amides is 1. The number of carbonyl (C=O) groups is 1. The molecule has 1 aliphatic heterocycles. The summed E-state index contributed by atoms with van der Waals surface area (Å²) in [4.78, 5) is 12.9. The Bertz CT molecular complexity index is 974. The minimum Gasteiger partial charge on any atom is -0.493 e. The lowest BCUT2D eigenvalue weighted by molar-refractivity contribution is -0.903. The molecule has 126 valence electrons. The summed E-state index contributed by atoms with van der Waals surface area (Å²) in [6, 6.07) is 12.9. The number of fused-ring (bicyclic) bond motifs is 2. The van der Waals surface area contributed by atoms with Gasteiger partial charge in [0.05, 0.1) is 17.9 Å². The Morgan fingerprint density at radius 1 is 1.24 bits per heavy atom. The van der Waals surface area contributed by atoms with Crippen LogP contribution in [0, 0.1) is 0 Å². The van der Waals surface area contributed by atoms with Crippen LogP contribution < -0.4 is 14.8 Å². The Labute approximate surface area is 149 Å². The van der Waals surface area contributed by atoms with E-state index in [9.17, 15) is 10.0 Å². The summed E-state index contributed by atoms with van der Waals surface area (Å²) in [5, 5.41) is 15.1. The number of halogens is 1. The van der Waals surface area contributed by atoms with Crippen LogP contribution in [0.5, 0.6) is 5.75 Å². The number of carbonyl (C=O) groups excluding carboxylic acids is 1. The zero-order valence-corrected chi connectivity index (χ0v) is 14.0. The molecule has 2 aromatic carbocycles. The van der Waals surface area contributed by atoms with Gasteiger partial charge < -0.3 is 10.1 Å². The topological polar surface area (TPSA) is 62.4 Å². The molecule has 6 heteroatoms. The second-order valence-corrected chi connectivity index (χ2v) is 6.44. The first-order chi connectivity index (χ1) is 12.1. The number of hydrogen-bond donors (Lipinski definition) is 2. The van der Waals surface area contributed by atoms with Crippen LogP contribution >= 0.6 is 11.6 Å². The maximum atomic E-state index is 12.9. The van der Waals surface area contributed by atoms with Gasteiger partial charge >= 0.3 is 0 Å².